The van der Waals surface area contributed by atoms with E-state index < -0.39 is 25.1 Å². The molecule has 1 saturated carbocycles. The van der Waals surface area contributed by atoms with E-state index in [0.29, 0.717) is 26.1 Å². The van der Waals surface area contributed by atoms with Gasteiger partial charge in [0, 0.05) is 18.4 Å². The van der Waals surface area contributed by atoms with E-state index in [1.807, 2.05) is 6.08 Å². The lowest BCUT2D eigenvalue weighted by molar-refractivity contribution is -0.336. The monoisotopic (exact) mass is 438 g/mol. The number of rotatable bonds is 9. The van der Waals surface area contributed by atoms with Crippen LogP contribution in [-0.4, -0.2) is 44.6 Å². The van der Waals surface area contributed by atoms with Crippen LogP contribution in [0, 0.1) is 11.3 Å². The average molecular weight is 439 g/mol. The molecule has 0 amide bonds. The van der Waals surface area contributed by atoms with Crippen LogP contribution in [0.25, 0.3) is 0 Å². The summed E-state index contributed by atoms with van der Waals surface area (Å²) >= 11 is 0. The van der Waals surface area contributed by atoms with Crippen LogP contribution < -0.4 is 0 Å². The Hall–Kier alpha value is -0.463. The van der Waals surface area contributed by atoms with Crippen LogP contribution in [0.1, 0.15) is 73.1 Å². The second-order valence-electron chi connectivity index (χ2n) is 11.2. The topological polar surface area (TPSA) is 47.9 Å². The molecule has 4 nitrogen and oxygen atoms in total. The molecule has 1 spiro atoms. The van der Waals surface area contributed by atoms with E-state index in [9.17, 15) is 5.11 Å². The molecule has 2 rings (SSSR count). The molecule has 1 heterocycles. The lowest BCUT2D eigenvalue weighted by Gasteiger charge is -2.60. The zero-order valence-corrected chi connectivity index (χ0v) is 21.6. The molecule has 2 aliphatic rings. The van der Waals surface area contributed by atoms with Gasteiger partial charge in [0.1, 0.15) is 5.60 Å². The molecule has 0 aromatic rings. The van der Waals surface area contributed by atoms with E-state index in [0.717, 1.165) is 37.9 Å². The maximum Gasteiger partial charge on any atom is 0.198 e. The van der Waals surface area contributed by atoms with E-state index in [1.54, 1.807) is 0 Å². The first-order valence-corrected chi connectivity index (χ1v) is 14.6. The number of hydrogen-bond acceptors (Lipinski definition) is 4. The fourth-order valence-corrected chi connectivity index (χ4v) is 6.45. The smallest absolute Gasteiger partial charge is 0.198 e. The molecular weight excluding hydrogens is 392 g/mol. The third-order valence-electron chi connectivity index (χ3n) is 8.27. The SMILES string of the molecule is C=CCCC1(O)C2(CC[C@H](C(=C)C)[C@@]1(C)CCCO[Si](C)(C)C(C)(C)C)OCCO2. The molecule has 0 aromatic heterocycles. The maximum atomic E-state index is 12.3. The van der Waals surface area contributed by atoms with Gasteiger partial charge in [0.05, 0.1) is 13.2 Å². The van der Waals surface area contributed by atoms with Gasteiger partial charge in [-0.1, -0.05) is 45.9 Å². The van der Waals surface area contributed by atoms with Crippen LogP contribution in [0.4, 0.5) is 0 Å². The zero-order valence-electron chi connectivity index (χ0n) is 20.6. The van der Waals surface area contributed by atoms with Gasteiger partial charge >= 0.3 is 0 Å². The van der Waals surface area contributed by atoms with Crippen molar-refractivity contribution in [1.29, 1.82) is 0 Å². The fourth-order valence-electron chi connectivity index (χ4n) is 5.36. The van der Waals surface area contributed by atoms with Crippen molar-refractivity contribution in [2.24, 2.45) is 11.3 Å². The summed E-state index contributed by atoms with van der Waals surface area (Å²) in [6.07, 6.45) is 6.57. The third-order valence-corrected chi connectivity index (χ3v) is 12.8. The molecular formula is C25H46O4Si. The Morgan fingerprint density at radius 3 is 2.33 bits per heavy atom. The van der Waals surface area contributed by atoms with Gasteiger partial charge in [-0.15, -0.1) is 6.58 Å². The molecule has 1 aliphatic heterocycles. The Bertz CT molecular complexity index is 617. The summed E-state index contributed by atoms with van der Waals surface area (Å²) < 4.78 is 18.8. The minimum Gasteiger partial charge on any atom is -0.417 e. The standard InChI is InChI=1S/C25H46O4Si/c1-10-11-15-24(26)23(7,14-12-17-29-30(8,9)22(4,5)6)21(20(2)3)13-16-25(24)27-18-19-28-25/h10,21,26H,1-2,11-19H2,3-9H3/t21-,23-,24?/m1/s1. The summed E-state index contributed by atoms with van der Waals surface area (Å²) in [4.78, 5) is 0. The molecule has 1 unspecified atom stereocenters. The van der Waals surface area contributed by atoms with E-state index in [2.05, 4.69) is 60.9 Å². The first kappa shape index (κ1) is 25.8. The number of aliphatic hydroxyl groups is 1. The second kappa shape index (κ2) is 9.19. The lowest BCUT2D eigenvalue weighted by Crippen LogP contribution is -2.69. The van der Waals surface area contributed by atoms with Crippen LogP contribution in [0.2, 0.25) is 18.1 Å². The first-order valence-electron chi connectivity index (χ1n) is 11.7. The van der Waals surface area contributed by atoms with E-state index >= 15 is 0 Å². The fraction of sp³-hybridized carbons (Fsp3) is 0.840. The van der Waals surface area contributed by atoms with Crippen molar-refractivity contribution in [3.63, 3.8) is 0 Å². The van der Waals surface area contributed by atoms with E-state index in [1.165, 1.54) is 0 Å². The molecule has 30 heavy (non-hydrogen) atoms. The van der Waals surface area contributed by atoms with Crippen LogP contribution in [0.5, 0.6) is 0 Å². The Labute approximate surface area is 186 Å². The average Bonchev–Trinajstić information content (AvgIpc) is 3.11. The minimum atomic E-state index is -1.79. The van der Waals surface area contributed by atoms with Gasteiger partial charge < -0.3 is 19.0 Å². The molecule has 3 atom stereocenters. The van der Waals surface area contributed by atoms with Crippen molar-refractivity contribution in [2.45, 2.75) is 103 Å². The molecule has 1 aliphatic carbocycles. The Balaban J connectivity index is 2.28. The van der Waals surface area contributed by atoms with Gasteiger partial charge in [-0.3, -0.25) is 0 Å². The van der Waals surface area contributed by atoms with E-state index in [4.69, 9.17) is 13.9 Å². The summed E-state index contributed by atoms with van der Waals surface area (Å²) in [5.41, 5.74) is -0.363. The van der Waals surface area contributed by atoms with Crippen molar-refractivity contribution in [3.05, 3.63) is 24.8 Å². The minimum absolute atomic E-state index is 0.197. The van der Waals surface area contributed by atoms with Crippen LogP contribution >= 0.6 is 0 Å². The summed E-state index contributed by atoms with van der Waals surface area (Å²) in [7, 11) is -1.79. The van der Waals surface area contributed by atoms with Gasteiger partial charge in [0.2, 0.25) is 0 Å². The quantitative estimate of drug-likeness (QED) is 0.264. The third kappa shape index (κ3) is 4.51. The van der Waals surface area contributed by atoms with Crippen molar-refractivity contribution in [2.75, 3.05) is 19.8 Å². The summed E-state index contributed by atoms with van der Waals surface area (Å²) in [6, 6.07) is 0. The van der Waals surface area contributed by atoms with Crippen molar-refractivity contribution < 1.29 is 19.0 Å². The molecule has 2 fully saturated rings. The lowest BCUT2D eigenvalue weighted by atomic mass is 9.51. The van der Waals surface area contributed by atoms with Crippen LogP contribution in [-0.2, 0) is 13.9 Å². The van der Waals surface area contributed by atoms with Crippen LogP contribution in [0.3, 0.4) is 0 Å². The van der Waals surface area contributed by atoms with Crippen molar-refractivity contribution in [1.82, 2.24) is 0 Å². The van der Waals surface area contributed by atoms with Gasteiger partial charge in [-0.2, -0.15) is 0 Å². The highest BCUT2D eigenvalue weighted by atomic mass is 28.4. The summed E-state index contributed by atoms with van der Waals surface area (Å²) in [5, 5.41) is 12.5. The van der Waals surface area contributed by atoms with Gasteiger partial charge in [0.25, 0.3) is 0 Å². The van der Waals surface area contributed by atoms with Gasteiger partial charge in [-0.05, 0) is 63.1 Å². The molecule has 0 bridgehead atoms. The van der Waals surface area contributed by atoms with Crippen molar-refractivity contribution >= 4 is 8.32 Å². The second-order valence-corrected chi connectivity index (χ2v) is 16.0. The number of hydrogen-bond donors (Lipinski definition) is 1. The maximum absolute atomic E-state index is 12.3. The normalized spacial score (nSPS) is 31.8. The molecule has 5 heteroatoms. The summed E-state index contributed by atoms with van der Waals surface area (Å²) in [6.45, 7) is 25.7. The van der Waals surface area contributed by atoms with E-state index in [-0.39, 0.29) is 11.0 Å². The predicted molar refractivity (Wildman–Crippen MR) is 127 cm³/mol. The highest BCUT2D eigenvalue weighted by Crippen LogP contribution is 2.61. The van der Waals surface area contributed by atoms with Crippen LogP contribution in [0.15, 0.2) is 24.8 Å². The zero-order chi connectivity index (χ0) is 22.8. The Kier molecular flexibility index (Phi) is 7.90. The first-order chi connectivity index (χ1) is 13.8. The molecule has 0 radical (unpaired) electrons. The molecule has 174 valence electrons. The van der Waals surface area contributed by atoms with Gasteiger partial charge in [-0.25, -0.2) is 0 Å². The van der Waals surface area contributed by atoms with Gasteiger partial charge in [0.15, 0.2) is 14.1 Å². The molecule has 0 aromatic carbocycles. The number of ether oxygens (including phenoxy) is 2. The summed E-state index contributed by atoms with van der Waals surface area (Å²) in [5.74, 6) is -0.699. The highest BCUT2D eigenvalue weighted by molar-refractivity contribution is 6.74. The molecule has 1 N–H and O–H groups in total. The Morgan fingerprint density at radius 2 is 1.83 bits per heavy atom. The van der Waals surface area contributed by atoms with Crippen molar-refractivity contribution in [3.8, 4) is 0 Å². The highest BCUT2D eigenvalue weighted by Gasteiger charge is 2.67. The largest absolute Gasteiger partial charge is 0.417 e. The molecule has 1 saturated heterocycles. The predicted octanol–water partition coefficient (Wildman–Crippen LogP) is 6.22. The number of allylic oxidation sites excluding steroid dienone is 2. The Morgan fingerprint density at radius 1 is 1.23 bits per heavy atom.